The van der Waals surface area contributed by atoms with Crippen LogP contribution in [0.3, 0.4) is 0 Å². The van der Waals surface area contributed by atoms with E-state index in [1.54, 1.807) is 28.7 Å². The Hall–Kier alpha value is -5.27. The van der Waals surface area contributed by atoms with E-state index in [9.17, 15) is 15.3 Å². The van der Waals surface area contributed by atoms with E-state index in [0.717, 1.165) is 24.2 Å². The number of hydrogen-bond donors (Lipinski definition) is 1. The van der Waals surface area contributed by atoms with Crippen LogP contribution in [0, 0.1) is 22.7 Å². The van der Waals surface area contributed by atoms with E-state index >= 15 is 0 Å². The largest absolute Gasteiger partial charge is 0.497 e. The van der Waals surface area contributed by atoms with Crippen LogP contribution < -0.4 is 19.9 Å². The van der Waals surface area contributed by atoms with Crippen molar-refractivity contribution in [2.24, 2.45) is 0 Å². The molecular formula is C34H37ClN10O3. The van der Waals surface area contributed by atoms with E-state index in [1.165, 1.54) is 6.20 Å². The highest BCUT2D eigenvalue weighted by atomic mass is 35.5. The van der Waals surface area contributed by atoms with E-state index in [2.05, 4.69) is 37.3 Å². The second-order valence-corrected chi connectivity index (χ2v) is 13.4. The maximum absolute atomic E-state index is 12.8. The van der Waals surface area contributed by atoms with E-state index in [-0.39, 0.29) is 24.1 Å². The summed E-state index contributed by atoms with van der Waals surface area (Å²) in [6.07, 6.45) is 3.11. The first-order chi connectivity index (χ1) is 23.0. The fraction of sp³-hybridized carbons (Fsp3) is 0.412. The van der Waals surface area contributed by atoms with Crippen molar-refractivity contribution in [3.8, 4) is 17.9 Å². The average molecular weight is 669 g/mol. The Balaban J connectivity index is 1.33. The minimum Gasteiger partial charge on any atom is -0.497 e. The van der Waals surface area contributed by atoms with Gasteiger partial charge in [0.25, 0.3) is 0 Å². The van der Waals surface area contributed by atoms with Gasteiger partial charge in [0, 0.05) is 38.3 Å². The lowest BCUT2D eigenvalue weighted by atomic mass is 10.1. The number of carbonyl (C=O) groups excluding carboxylic acids is 1. The summed E-state index contributed by atoms with van der Waals surface area (Å²) in [4.78, 5) is 28.3. The van der Waals surface area contributed by atoms with Gasteiger partial charge in [0.15, 0.2) is 5.65 Å². The SMILES string of the molecule is COc1ccc(CN(c2nc(Nc3cc(C#N)cc(N4CCN(C(=O)OC(C)(C)C)C[C@@H]4C)c3Cl)nc3c(C#N)cnn23)C2CC2)cc1. The molecule has 1 saturated heterocycles. The third-order valence-corrected chi connectivity index (χ3v) is 8.64. The standard InChI is InChI=1S/C34H37ClN10O3/c1-21-19-42(33(46)48-34(2,3)4)12-13-43(21)28-15-23(16-36)14-27(29(28)35)39-31-40-30-24(17-37)18-38-45(30)32(41-31)44(25-8-9-25)20-22-6-10-26(47-5)11-7-22/h6-7,10-11,14-15,18,21,25H,8-9,12-13,19-20H2,1-5H3,(H,39,40)/t21-/m0/s1. The van der Waals surface area contributed by atoms with Gasteiger partial charge in [0.2, 0.25) is 11.9 Å². The monoisotopic (exact) mass is 668 g/mol. The molecule has 1 atom stereocenters. The van der Waals surface area contributed by atoms with Crippen LogP contribution >= 0.6 is 11.6 Å². The summed E-state index contributed by atoms with van der Waals surface area (Å²) in [5.74, 6) is 1.51. The van der Waals surface area contributed by atoms with Crippen LogP contribution in [-0.4, -0.2) is 75.0 Å². The normalized spacial score (nSPS) is 16.3. The number of piperazine rings is 1. The van der Waals surface area contributed by atoms with Gasteiger partial charge in [-0.05, 0) is 70.4 Å². The number of nitrogens with one attached hydrogen (secondary N) is 1. The maximum atomic E-state index is 12.8. The van der Waals surface area contributed by atoms with Crippen LogP contribution in [0.5, 0.6) is 5.75 Å². The van der Waals surface area contributed by atoms with Crippen LogP contribution in [0.1, 0.15) is 57.2 Å². The zero-order chi connectivity index (χ0) is 34.2. The summed E-state index contributed by atoms with van der Waals surface area (Å²) < 4.78 is 12.5. The molecule has 1 N–H and O–H groups in total. The molecule has 0 bridgehead atoms. The fourth-order valence-corrected chi connectivity index (χ4v) is 6.03. The zero-order valence-electron chi connectivity index (χ0n) is 27.6. The molecule has 6 rings (SSSR count). The molecule has 2 aromatic carbocycles. The quantitative estimate of drug-likeness (QED) is 0.240. The molecule has 1 aliphatic carbocycles. The Labute approximate surface area is 284 Å². The van der Waals surface area contributed by atoms with Gasteiger partial charge in [0.05, 0.1) is 41.3 Å². The molecule has 248 valence electrons. The molecule has 2 aliphatic rings. The molecule has 2 aromatic heterocycles. The zero-order valence-corrected chi connectivity index (χ0v) is 28.3. The number of benzene rings is 2. The van der Waals surface area contributed by atoms with E-state index < -0.39 is 5.60 Å². The number of rotatable bonds is 8. The third-order valence-electron chi connectivity index (χ3n) is 8.25. The number of aromatic nitrogens is 4. The number of amides is 1. The lowest BCUT2D eigenvalue weighted by Gasteiger charge is -2.42. The molecule has 0 unspecified atom stereocenters. The van der Waals surface area contributed by atoms with Crippen LogP contribution in [-0.2, 0) is 11.3 Å². The van der Waals surface area contributed by atoms with Crippen molar-refractivity contribution in [1.29, 1.82) is 10.5 Å². The predicted octanol–water partition coefficient (Wildman–Crippen LogP) is 5.89. The molecule has 3 heterocycles. The van der Waals surface area contributed by atoms with Crippen molar-refractivity contribution < 1.29 is 14.3 Å². The Kier molecular flexibility index (Phi) is 8.91. The predicted molar refractivity (Wildman–Crippen MR) is 182 cm³/mol. The number of nitriles is 2. The highest BCUT2D eigenvalue weighted by Gasteiger charge is 2.34. The van der Waals surface area contributed by atoms with Gasteiger partial charge in [0.1, 0.15) is 23.0 Å². The van der Waals surface area contributed by atoms with Gasteiger partial charge >= 0.3 is 6.09 Å². The van der Waals surface area contributed by atoms with Gasteiger partial charge in [-0.3, -0.25) is 0 Å². The Morgan fingerprint density at radius 3 is 2.50 bits per heavy atom. The van der Waals surface area contributed by atoms with Gasteiger partial charge in [-0.2, -0.15) is 30.1 Å². The number of nitrogens with zero attached hydrogens (tertiary/aromatic N) is 9. The van der Waals surface area contributed by atoms with E-state index in [4.69, 9.17) is 26.1 Å². The molecule has 0 radical (unpaired) electrons. The van der Waals surface area contributed by atoms with Gasteiger partial charge in [-0.15, -0.1) is 0 Å². The summed E-state index contributed by atoms with van der Waals surface area (Å²) >= 11 is 7.06. The van der Waals surface area contributed by atoms with Crippen molar-refractivity contribution in [1.82, 2.24) is 24.5 Å². The van der Waals surface area contributed by atoms with Crippen molar-refractivity contribution in [2.45, 2.75) is 64.8 Å². The molecule has 48 heavy (non-hydrogen) atoms. The van der Waals surface area contributed by atoms with Crippen molar-refractivity contribution in [3.63, 3.8) is 0 Å². The summed E-state index contributed by atoms with van der Waals surface area (Å²) in [5.41, 5.74) is 2.60. The summed E-state index contributed by atoms with van der Waals surface area (Å²) in [6, 6.07) is 15.8. The molecule has 13 nitrogen and oxygen atoms in total. The number of anilines is 4. The molecule has 1 aliphatic heterocycles. The lowest BCUT2D eigenvalue weighted by Crippen LogP contribution is -2.54. The lowest BCUT2D eigenvalue weighted by molar-refractivity contribution is 0.0219. The molecule has 2 fully saturated rings. The average Bonchev–Trinajstić information content (AvgIpc) is 3.82. The topological polar surface area (TPSA) is 148 Å². The Morgan fingerprint density at radius 1 is 1.12 bits per heavy atom. The van der Waals surface area contributed by atoms with Gasteiger partial charge in [-0.25, -0.2) is 4.79 Å². The number of methoxy groups -OCH3 is 1. The smallest absolute Gasteiger partial charge is 0.410 e. The van der Waals surface area contributed by atoms with Crippen LogP contribution in [0.15, 0.2) is 42.6 Å². The maximum Gasteiger partial charge on any atom is 0.410 e. The number of carbonyl (C=O) groups is 1. The minimum atomic E-state index is -0.594. The van der Waals surface area contributed by atoms with Crippen molar-refractivity contribution in [3.05, 3.63) is 64.3 Å². The van der Waals surface area contributed by atoms with Crippen molar-refractivity contribution >= 4 is 46.6 Å². The summed E-state index contributed by atoms with van der Waals surface area (Å²) in [6.45, 7) is 9.44. The molecule has 0 spiro atoms. The molecule has 1 saturated carbocycles. The molecular weight excluding hydrogens is 632 g/mol. The third kappa shape index (κ3) is 6.87. The van der Waals surface area contributed by atoms with E-state index in [1.807, 2.05) is 52.0 Å². The van der Waals surface area contributed by atoms with E-state index in [0.29, 0.717) is 65.3 Å². The highest BCUT2D eigenvalue weighted by molar-refractivity contribution is 6.36. The van der Waals surface area contributed by atoms with Crippen LogP contribution in [0.4, 0.5) is 28.1 Å². The summed E-state index contributed by atoms with van der Waals surface area (Å²) in [7, 11) is 1.64. The molecule has 4 aromatic rings. The second kappa shape index (κ2) is 13.1. The number of halogens is 1. The summed E-state index contributed by atoms with van der Waals surface area (Å²) in [5, 5.41) is 27.9. The number of hydrogen-bond acceptors (Lipinski definition) is 11. The number of fused-ring (bicyclic) bond motifs is 1. The Morgan fingerprint density at radius 2 is 1.88 bits per heavy atom. The molecule has 1 amide bonds. The first kappa shape index (κ1) is 32.7. The number of ether oxygens (including phenoxy) is 2. The van der Waals surface area contributed by atoms with Gasteiger partial charge in [-0.1, -0.05) is 23.7 Å². The van der Waals surface area contributed by atoms with Gasteiger partial charge < -0.3 is 29.5 Å². The van der Waals surface area contributed by atoms with Crippen LogP contribution in [0.2, 0.25) is 5.02 Å². The molecule has 14 heteroatoms. The fourth-order valence-electron chi connectivity index (χ4n) is 5.76. The minimum absolute atomic E-state index is 0.111. The first-order valence-electron chi connectivity index (χ1n) is 15.8. The first-order valence-corrected chi connectivity index (χ1v) is 16.2. The van der Waals surface area contributed by atoms with Crippen molar-refractivity contribution in [2.75, 3.05) is 41.9 Å². The highest BCUT2D eigenvalue weighted by Crippen LogP contribution is 2.39. The second-order valence-electron chi connectivity index (χ2n) is 13.0. The van der Waals surface area contributed by atoms with Crippen LogP contribution in [0.25, 0.3) is 5.65 Å². The Bertz CT molecular complexity index is 1920.